The molecule has 0 spiro atoms. The maximum Gasteiger partial charge on any atom is 0.337 e. The molecule has 1 amide bonds. The van der Waals surface area contributed by atoms with Gasteiger partial charge in [-0.15, -0.1) is 0 Å². The van der Waals surface area contributed by atoms with Gasteiger partial charge in [-0.3, -0.25) is 4.79 Å². The first kappa shape index (κ1) is 17.5. The van der Waals surface area contributed by atoms with Crippen molar-refractivity contribution in [3.63, 3.8) is 0 Å². The standard InChI is InChI=1S/C18H18FNO4/c1-12(24-16-9-7-15(19)8-10-16)17(21)20-11-13-3-5-14(6-4-13)18(22)23-2/h3-10,12H,11H2,1-2H3,(H,20,21)/t12-/m1/s1. The van der Waals surface area contributed by atoms with Crippen LogP contribution in [-0.2, 0) is 16.1 Å². The van der Waals surface area contributed by atoms with Crippen LogP contribution in [0.3, 0.4) is 0 Å². The molecule has 0 radical (unpaired) electrons. The Labute approximate surface area is 139 Å². The van der Waals surface area contributed by atoms with E-state index in [0.29, 0.717) is 17.9 Å². The Bertz CT molecular complexity index is 698. The van der Waals surface area contributed by atoms with Crippen molar-refractivity contribution in [2.24, 2.45) is 0 Å². The third-order valence-corrected chi connectivity index (χ3v) is 3.34. The van der Waals surface area contributed by atoms with Crippen LogP contribution in [0.15, 0.2) is 48.5 Å². The fourth-order valence-electron chi connectivity index (χ4n) is 1.98. The highest BCUT2D eigenvalue weighted by Crippen LogP contribution is 2.13. The van der Waals surface area contributed by atoms with E-state index in [1.165, 1.54) is 31.4 Å². The van der Waals surface area contributed by atoms with Gasteiger partial charge in [-0.2, -0.15) is 0 Å². The zero-order valence-electron chi connectivity index (χ0n) is 13.4. The van der Waals surface area contributed by atoms with E-state index in [0.717, 1.165) is 5.56 Å². The first-order valence-corrected chi connectivity index (χ1v) is 7.37. The highest BCUT2D eigenvalue weighted by atomic mass is 19.1. The number of methoxy groups -OCH3 is 1. The van der Waals surface area contributed by atoms with Crippen LogP contribution in [0.1, 0.15) is 22.8 Å². The molecule has 0 aliphatic carbocycles. The molecule has 6 heteroatoms. The third-order valence-electron chi connectivity index (χ3n) is 3.34. The first-order chi connectivity index (χ1) is 11.5. The fraction of sp³-hybridized carbons (Fsp3) is 0.222. The van der Waals surface area contributed by atoms with Crippen molar-refractivity contribution in [3.05, 3.63) is 65.5 Å². The van der Waals surface area contributed by atoms with Crippen LogP contribution in [-0.4, -0.2) is 25.1 Å². The molecular weight excluding hydrogens is 313 g/mol. The summed E-state index contributed by atoms with van der Waals surface area (Å²) >= 11 is 0. The lowest BCUT2D eigenvalue weighted by atomic mass is 10.1. The van der Waals surface area contributed by atoms with E-state index in [1.54, 1.807) is 31.2 Å². The number of carbonyl (C=O) groups is 2. The Hall–Kier alpha value is -2.89. The van der Waals surface area contributed by atoms with Crippen molar-refractivity contribution >= 4 is 11.9 Å². The van der Waals surface area contributed by atoms with E-state index in [1.807, 2.05) is 0 Å². The van der Waals surface area contributed by atoms with Crippen molar-refractivity contribution in [3.8, 4) is 5.75 Å². The third kappa shape index (κ3) is 4.81. The molecule has 0 aliphatic heterocycles. The predicted molar refractivity (Wildman–Crippen MR) is 86.1 cm³/mol. The fourth-order valence-corrected chi connectivity index (χ4v) is 1.98. The largest absolute Gasteiger partial charge is 0.481 e. The van der Waals surface area contributed by atoms with Crippen molar-refractivity contribution < 1.29 is 23.5 Å². The van der Waals surface area contributed by atoms with Crippen LogP contribution in [0.2, 0.25) is 0 Å². The Morgan fingerprint density at radius 1 is 1.08 bits per heavy atom. The molecule has 24 heavy (non-hydrogen) atoms. The van der Waals surface area contributed by atoms with Crippen LogP contribution in [0.25, 0.3) is 0 Å². The minimum Gasteiger partial charge on any atom is -0.481 e. The van der Waals surface area contributed by atoms with E-state index in [2.05, 4.69) is 10.1 Å². The first-order valence-electron chi connectivity index (χ1n) is 7.37. The lowest BCUT2D eigenvalue weighted by Gasteiger charge is -2.14. The van der Waals surface area contributed by atoms with Gasteiger partial charge in [0.05, 0.1) is 12.7 Å². The number of carbonyl (C=O) groups excluding carboxylic acids is 2. The molecule has 1 atom stereocenters. The molecule has 1 N–H and O–H groups in total. The Morgan fingerprint density at radius 2 is 1.71 bits per heavy atom. The van der Waals surface area contributed by atoms with Crippen molar-refractivity contribution in [1.29, 1.82) is 0 Å². The molecule has 0 saturated carbocycles. The number of ether oxygens (including phenoxy) is 2. The van der Waals surface area contributed by atoms with Gasteiger partial charge in [0, 0.05) is 6.54 Å². The van der Waals surface area contributed by atoms with Crippen LogP contribution >= 0.6 is 0 Å². The number of hydrogen-bond donors (Lipinski definition) is 1. The zero-order valence-corrected chi connectivity index (χ0v) is 13.4. The molecule has 0 unspecified atom stereocenters. The Morgan fingerprint density at radius 3 is 2.29 bits per heavy atom. The maximum absolute atomic E-state index is 12.8. The van der Waals surface area contributed by atoms with Gasteiger partial charge in [0.1, 0.15) is 11.6 Å². The van der Waals surface area contributed by atoms with Gasteiger partial charge in [0.15, 0.2) is 6.10 Å². The van der Waals surface area contributed by atoms with Gasteiger partial charge in [0.25, 0.3) is 5.91 Å². The van der Waals surface area contributed by atoms with Crippen LogP contribution in [0.4, 0.5) is 4.39 Å². The van der Waals surface area contributed by atoms with Gasteiger partial charge in [0.2, 0.25) is 0 Å². The molecule has 0 aliphatic rings. The summed E-state index contributed by atoms with van der Waals surface area (Å²) in [5.41, 5.74) is 1.28. The molecule has 2 aromatic carbocycles. The molecule has 2 aromatic rings. The van der Waals surface area contributed by atoms with Crippen LogP contribution < -0.4 is 10.1 Å². The second kappa shape index (κ2) is 8.10. The number of amides is 1. The normalized spacial score (nSPS) is 11.5. The average Bonchev–Trinajstić information content (AvgIpc) is 2.61. The molecule has 2 rings (SSSR count). The summed E-state index contributed by atoms with van der Waals surface area (Å²) in [6, 6.07) is 12.2. The highest BCUT2D eigenvalue weighted by Gasteiger charge is 2.14. The predicted octanol–water partition coefficient (Wildman–Crippen LogP) is 2.70. The zero-order chi connectivity index (χ0) is 17.5. The molecule has 5 nitrogen and oxygen atoms in total. The van der Waals surface area contributed by atoms with E-state index < -0.39 is 12.1 Å². The smallest absolute Gasteiger partial charge is 0.337 e. The maximum atomic E-state index is 12.8. The van der Waals surface area contributed by atoms with Gasteiger partial charge < -0.3 is 14.8 Å². The second-order valence-electron chi connectivity index (χ2n) is 5.12. The van der Waals surface area contributed by atoms with Crippen LogP contribution in [0, 0.1) is 5.82 Å². The number of benzene rings is 2. The summed E-state index contributed by atoms with van der Waals surface area (Å²) in [4.78, 5) is 23.4. The Balaban J connectivity index is 1.85. The molecule has 0 aromatic heterocycles. The summed E-state index contributed by atoms with van der Waals surface area (Å²) in [5.74, 6) is -0.653. The summed E-state index contributed by atoms with van der Waals surface area (Å²) < 4.78 is 22.9. The number of rotatable bonds is 6. The molecule has 0 saturated heterocycles. The molecular formula is C18H18FNO4. The quantitative estimate of drug-likeness (QED) is 0.827. The van der Waals surface area contributed by atoms with Gasteiger partial charge >= 0.3 is 5.97 Å². The number of esters is 1. The molecule has 0 bridgehead atoms. The minimum absolute atomic E-state index is 0.295. The number of hydrogen-bond acceptors (Lipinski definition) is 4. The van der Waals surface area contributed by atoms with Gasteiger partial charge in [-0.05, 0) is 48.9 Å². The summed E-state index contributed by atoms with van der Waals surface area (Å²) in [5, 5.41) is 2.74. The van der Waals surface area contributed by atoms with Crippen LogP contribution in [0.5, 0.6) is 5.75 Å². The van der Waals surface area contributed by atoms with Crippen molar-refractivity contribution in [1.82, 2.24) is 5.32 Å². The van der Waals surface area contributed by atoms with E-state index >= 15 is 0 Å². The van der Waals surface area contributed by atoms with E-state index in [9.17, 15) is 14.0 Å². The van der Waals surface area contributed by atoms with E-state index in [-0.39, 0.29) is 11.7 Å². The summed E-state index contributed by atoms with van der Waals surface area (Å²) in [7, 11) is 1.32. The second-order valence-corrected chi connectivity index (χ2v) is 5.12. The van der Waals surface area contributed by atoms with Crippen molar-refractivity contribution in [2.45, 2.75) is 19.6 Å². The lowest BCUT2D eigenvalue weighted by molar-refractivity contribution is -0.127. The van der Waals surface area contributed by atoms with E-state index in [4.69, 9.17) is 4.74 Å². The number of halogens is 1. The molecule has 0 fully saturated rings. The molecule has 126 valence electrons. The number of nitrogens with one attached hydrogen (secondary N) is 1. The van der Waals surface area contributed by atoms with Gasteiger partial charge in [-0.1, -0.05) is 12.1 Å². The van der Waals surface area contributed by atoms with Gasteiger partial charge in [-0.25, -0.2) is 9.18 Å². The topological polar surface area (TPSA) is 64.6 Å². The SMILES string of the molecule is COC(=O)c1ccc(CNC(=O)[C@@H](C)Oc2ccc(F)cc2)cc1. The highest BCUT2D eigenvalue weighted by molar-refractivity contribution is 5.89. The minimum atomic E-state index is -0.718. The van der Waals surface area contributed by atoms with Crippen molar-refractivity contribution in [2.75, 3.05) is 7.11 Å². The summed E-state index contributed by atoms with van der Waals surface area (Å²) in [6.07, 6.45) is -0.718. The average molecular weight is 331 g/mol. The monoisotopic (exact) mass is 331 g/mol. The lowest BCUT2D eigenvalue weighted by Crippen LogP contribution is -2.35. The Kier molecular flexibility index (Phi) is 5.89. The summed E-state index contributed by atoms with van der Waals surface area (Å²) in [6.45, 7) is 1.91. The molecule has 0 heterocycles.